The Balaban J connectivity index is 1.92. The minimum Gasteiger partial charge on any atom is -0.469 e. The minimum absolute atomic E-state index is 0.133. The molecular weight excluding hydrogens is 308 g/mol. The van der Waals surface area contributed by atoms with Crippen molar-refractivity contribution < 1.29 is 23.9 Å². The van der Waals surface area contributed by atoms with Gasteiger partial charge in [0.25, 0.3) is 0 Å². The molecule has 0 fully saturated rings. The number of carbonyl (C=O) groups is 2. The van der Waals surface area contributed by atoms with Gasteiger partial charge in [0.15, 0.2) is 0 Å². The fraction of sp³-hybridized carbons (Fsp3) is 0.611. The molecule has 0 spiro atoms. The van der Waals surface area contributed by atoms with Crippen molar-refractivity contribution in [2.45, 2.75) is 57.8 Å². The summed E-state index contributed by atoms with van der Waals surface area (Å²) in [6.07, 6.45) is 13.7. The van der Waals surface area contributed by atoms with Crippen molar-refractivity contribution in [1.82, 2.24) is 0 Å². The Bertz CT molecular complexity index is 531. The van der Waals surface area contributed by atoms with Gasteiger partial charge in [0.05, 0.1) is 13.7 Å². The van der Waals surface area contributed by atoms with E-state index < -0.39 is 5.97 Å². The maximum absolute atomic E-state index is 11.8. The van der Waals surface area contributed by atoms with Crippen LogP contribution in [0.1, 0.15) is 57.8 Å². The SMILES string of the molecule is COC(=O)CCCCCCCCCCOC(=O)C1=CC=CC1=[N+]=[N-]. The Hall–Kier alpha value is -2.20. The van der Waals surface area contributed by atoms with Crippen molar-refractivity contribution in [3.63, 3.8) is 0 Å². The van der Waals surface area contributed by atoms with E-state index in [1.54, 1.807) is 18.2 Å². The highest BCUT2D eigenvalue weighted by Gasteiger charge is 2.24. The van der Waals surface area contributed by atoms with Crippen LogP contribution < -0.4 is 0 Å². The van der Waals surface area contributed by atoms with Crippen LogP contribution in [0.3, 0.4) is 0 Å². The molecule has 0 saturated heterocycles. The number of esters is 2. The van der Waals surface area contributed by atoms with Crippen molar-refractivity contribution in [2.75, 3.05) is 13.7 Å². The van der Waals surface area contributed by atoms with E-state index in [4.69, 9.17) is 10.3 Å². The van der Waals surface area contributed by atoms with Crippen molar-refractivity contribution in [1.29, 1.82) is 0 Å². The maximum atomic E-state index is 11.8. The van der Waals surface area contributed by atoms with Crippen molar-refractivity contribution in [3.05, 3.63) is 29.3 Å². The second-order valence-corrected chi connectivity index (χ2v) is 5.72. The van der Waals surface area contributed by atoms with Gasteiger partial charge < -0.3 is 15.0 Å². The van der Waals surface area contributed by atoms with Gasteiger partial charge in [-0.05, 0) is 18.9 Å². The van der Waals surface area contributed by atoms with E-state index in [1.807, 2.05) is 0 Å². The third kappa shape index (κ3) is 7.88. The highest BCUT2D eigenvalue weighted by atomic mass is 16.5. The zero-order valence-electron chi connectivity index (χ0n) is 14.3. The first kappa shape index (κ1) is 19.8. The Labute approximate surface area is 143 Å². The number of carbonyl (C=O) groups excluding carboxylic acids is 2. The monoisotopic (exact) mass is 334 g/mol. The quantitative estimate of drug-likeness (QED) is 0.237. The van der Waals surface area contributed by atoms with E-state index >= 15 is 0 Å². The van der Waals surface area contributed by atoms with Gasteiger partial charge in [-0.25, -0.2) is 4.79 Å². The third-order valence-electron chi connectivity index (χ3n) is 3.86. The van der Waals surface area contributed by atoms with E-state index in [0.717, 1.165) is 51.4 Å². The van der Waals surface area contributed by atoms with Crippen molar-refractivity contribution in [3.8, 4) is 0 Å². The highest BCUT2D eigenvalue weighted by molar-refractivity contribution is 6.24. The molecule has 1 aliphatic rings. The Morgan fingerprint density at radius 1 is 1.04 bits per heavy atom. The predicted molar refractivity (Wildman–Crippen MR) is 90.4 cm³/mol. The maximum Gasteiger partial charge on any atom is 0.346 e. The second-order valence-electron chi connectivity index (χ2n) is 5.72. The average molecular weight is 334 g/mol. The number of hydrogen-bond donors (Lipinski definition) is 0. The van der Waals surface area contributed by atoms with Crippen LogP contribution in [0, 0.1) is 0 Å². The van der Waals surface area contributed by atoms with Gasteiger partial charge in [0, 0.05) is 12.5 Å². The summed E-state index contributed by atoms with van der Waals surface area (Å²) < 4.78 is 9.76. The summed E-state index contributed by atoms with van der Waals surface area (Å²) in [5.41, 5.74) is 9.27. The molecule has 0 heterocycles. The minimum atomic E-state index is -0.446. The van der Waals surface area contributed by atoms with Gasteiger partial charge in [-0.1, -0.05) is 44.6 Å². The highest BCUT2D eigenvalue weighted by Crippen LogP contribution is 2.11. The van der Waals surface area contributed by atoms with Crippen LogP contribution in [0.25, 0.3) is 5.53 Å². The molecule has 24 heavy (non-hydrogen) atoms. The summed E-state index contributed by atoms with van der Waals surface area (Å²) in [5.74, 6) is -0.579. The normalized spacial score (nSPS) is 12.7. The third-order valence-corrected chi connectivity index (χ3v) is 3.86. The first-order valence-electron chi connectivity index (χ1n) is 8.53. The van der Waals surface area contributed by atoms with Crippen LogP contribution in [-0.4, -0.2) is 36.2 Å². The average Bonchev–Trinajstić information content (AvgIpc) is 3.07. The lowest BCUT2D eigenvalue weighted by Gasteiger charge is -2.04. The number of nitrogens with zero attached hydrogens (tertiary/aromatic N) is 2. The van der Waals surface area contributed by atoms with Crippen LogP contribution in [-0.2, 0) is 19.1 Å². The molecule has 132 valence electrons. The molecule has 1 aliphatic carbocycles. The smallest absolute Gasteiger partial charge is 0.346 e. The summed E-state index contributed by atoms with van der Waals surface area (Å²) in [5, 5.41) is 0. The standard InChI is InChI=1S/C18H26N2O4/c1-23-17(21)13-8-6-4-2-3-5-7-9-14-24-18(22)15-11-10-12-16(15)20-19/h10-12H,2-9,13-14H2,1H3. The van der Waals surface area contributed by atoms with Crippen LogP contribution in [0.5, 0.6) is 0 Å². The number of unbranched alkanes of at least 4 members (excludes halogenated alkanes) is 7. The zero-order valence-corrected chi connectivity index (χ0v) is 14.3. The van der Waals surface area contributed by atoms with Crippen LogP contribution in [0.4, 0.5) is 0 Å². The topological polar surface area (TPSA) is 89.0 Å². The number of ether oxygens (including phenoxy) is 2. The lowest BCUT2D eigenvalue weighted by Crippen LogP contribution is -2.14. The van der Waals surface area contributed by atoms with Gasteiger partial charge in [0.2, 0.25) is 0 Å². The lowest BCUT2D eigenvalue weighted by atomic mass is 10.1. The van der Waals surface area contributed by atoms with E-state index in [2.05, 4.69) is 9.53 Å². The largest absolute Gasteiger partial charge is 0.469 e. The molecule has 0 amide bonds. The molecule has 0 aromatic rings. The molecule has 1 rings (SSSR count). The molecule has 0 unspecified atom stereocenters. The zero-order chi connectivity index (χ0) is 17.6. The van der Waals surface area contributed by atoms with Gasteiger partial charge in [0.1, 0.15) is 5.57 Å². The predicted octanol–water partition coefficient (Wildman–Crippen LogP) is 3.38. The molecule has 0 bridgehead atoms. The Kier molecular flexibility index (Phi) is 10.1. The van der Waals surface area contributed by atoms with E-state index in [0.29, 0.717) is 18.6 Å². The molecule has 0 aromatic carbocycles. The molecule has 0 aliphatic heterocycles. The number of allylic oxidation sites excluding steroid dienone is 3. The van der Waals surface area contributed by atoms with E-state index in [9.17, 15) is 9.59 Å². The fourth-order valence-corrected chi connectivity index (χ4v) is 2.45. The van der Waals surface area contributed by atoms with Gasteiger partial charge >= 0.3 is 17.7 Å². The molecule has 0 saturated carbocycles. The summed E-state index contributed by atoms with van der Waals surface area (Å²) in [6, 6.07) is 0. The number of methoxy groups -OCH3 is 1. The van der Waals surface area contributed by atoms with Gasteiger partial charge in [-0.3, -0.25) is 4.79 Å². The Morgan fingerprint density at radius 2 is 1.67 bits per heavy atom. The van der Waals surface area contributed by atoms with Crippen LogP contribution >= 0.6 is 0 Å². The molecule has 6 heteroatoms. The fourth-order valence-electron chi connectivity index (χ4n) is 2.45. The molecular formula is C18H26N2O4. The van der Waals surface area contributed by atoms with E-state index in [1.165, 1.54) is 7.11 Å². The first-order chi connectivity index (χ1) is 11.7. The molecule has 0 radical (unpaired) electrons. The van der Waals surface area contributed by atoms with Gasteiger partial charge in [-0.2, -0.15) is 4.79 Å². The summed E-state index contributed by atoms with van der Waals surface area (Å²) in [6.45, 7) is 0.383. The molecule has 0 aromatic heterocycles. The molecule has 6 nitrogen and oxygen atoms in total. The van der Waals surface area contributed by atoms with Crippen LogP contribution in [0.15, 0.2) is 23.8 Å². The Morgan fingerprint density at radius 3 is 2.29 bits per heavy atom. The second kappa shape index (κ2) is 12.3. The molecule has 0 atom stereocenters. The van der Waals surface area contributed by atoms with Crippen molar-refractivity contribution in [2.24, 2.45) is 0 Å². The van der Waals surface area contributed by atoms with Gasteiger partial charge in [-0.15, -0.1) is 0 Å². The first-order valence-corrected chi connectivity index (χ1v) is 8.53. The summed E-state index contributed by atoms with van der Waals surface area (Å²) in [7, 11) is 1.42. The number of hydrogen-bond acceptors (Lipinski definition) is 4. The van der Waals surface area contributed by atoms with E-state index in [-0.39, 0.29) is 11.7 Å². The molecule has 0 N–H and O–H groups in total. The number of rotatable bonds is 12. The van der Waals surface area contributed by atoms with Crippen molar-refractivity contribution >= 4 is 17.7 Å². The summed E-state index contributed by atoms with van der Waals surface area (Å²) in [4.78, 5) is 25.7. The van der Waals surface area contributed by atoms with Crippen LogP contribution in [0.2, 0.25) is 0 Å². The summed E-state index contributed by atoms with van der Waals surface area (Å²) >= 11 is 0. The lowest BCUT2D eigenvalue weighted by molar-refractivity contribution is -0.141.